The monoisotopic (exact) mass is 227 g/mol. The topological polar surface area (TPSA) is 72.9 Å². The third-order valence-electron chi connectivity index (χ3n) is 2.32. The molecule has 0 spiro atoms. The number of esters is 1. The smallest absolute Gasteiger partial charge is 0.413 e. The van der Waals surface area contributed by atoms with E-state index in [4.69, 9.17) is 0 Å². The van der Waals surface area contributed by atoms with Crippen LogP contribution < -0.4 is 0 Å². The summed E-state index contributed by atoms with van der Waals surface area (Å²) in [5.74, 6) is -1.08. The van der Waals surface area contributed by atoms with E-state index in [1.807, 2.05) is 0 Å². The first kappa shape index (κ1) is 12.2. The highest BCUT2D eigenvalue weighted by Gasteiger charge is 2.32. The van der Waals surface area contributed by atoms with Gasteiger partial charge in [-0.05, 0) is 6.92 Å². The van der Waals surface area contributed by atoms with Gasteiger partial charge in [0.05, 0.1) is 14.2 Å². The number of ketones is 1. The van der Waals surface area contributed by atoms with Crippen LogP contribution in [0.1, 0.15) is 13.3 Å². The third-order valence-corrected chi connectivity index (χ3v) is 2.32. The average Bonchev–Trinajstić information content (AvgIpc) is 2.27. The molecule has 0 saturated heterocycles. The van der Waals surface area contributed by atoms with Gasteiger partial charge in [0.1, 0.15) is 5.57 Å². The zero-order chi connectivity index (χ0) is 12.3. The van der Waals surface area contributed by atoms with Crippen molar-refractivity contribution in [3.8, 4) is 0 Å². The van der Waals surface area contributed by atoms with Gasteiger partial charge in [0.15, 0.2) is 5.78 Å². The van der Waals surface area contributed by atoms with Crippen LogP contribution in [0.15, 0.2) is 11.8 Å². The van der Waals surface area contributed by atoms with Gasteiger partial charge < -0.3 is 9.47 Å². The summed E-state index contributed by atoms with van der Waals surface area (Å²) in [4.78, 5) is 35.3. The predicted octanol–water partition coefficient (Wildman–Crippen LogP) is 0.473. The Morgan fingerprint density at radius 1 is 1.38 bits per heavy atom. The van der Waals surface area contributed by atoms with E-state index < -0.39 is 12.1 Å². The summed E-state index contributed by atoms with van der Waals surface area (Å²) in [5, 5.41) is 0. The van der Waals surface area contributed by atoms with Crippen LogP contribution in [0, 0.1) is 0 Å². The van der Waals surface area contributed by atoms with Crippen LogP contribution in [0.25, 0.3) is 0 Å². The minimum Gasteiger partial charge on any atom is -0.465 e. The Kier molecular flexibility index (Phi) is 3.65. The maximum absolute atomic E-state index is 11.5. The third kappa shape index (κ3) is 2.21. The Labute approximate surface area is 92.8 Å². The first-order valence-electron chi connectivity index (χ1n) is 4.70. The Morgan fingerprint density at radius 2 is 2.00 bits per heavy atom. The van der Waals surface area contributed by atoms with Crippen LogP contribution in [0.4, 0.5) is 4.79 Å². The van der Waals surface area contributed by atoms with Crippen molar-refractivity contribution < 1.29 is 23.9 Å². The number of carbonyl (C=O) groups excluding carboxylic acids is 3. The van der Waals surface area contributed by atoms with Crippen LogP contribution in [-0.4, -0.2) is 43.0 Å². The van der Waals surface area contributed by atoms with Crippen LogP contribution in [0.5, 0.6) is 0 Å². The molecule has 0 aromatic carbocycles. The lowest BCUT2D eigenvalue weighted by Crippen LogP contribution is -2.41. The minimum absolute atomic E-state index is 0.0794. The predicted molar refractivity (Wildman–Crippen MR) is 53.4 cm³/mol. The van der Waals surface area contributed by atoms with E-state index in [2.05, 4.69) is 9.47 Å². The van der Waals surface area contributed by atoms with Gasteiger partial charge in [-0.25, -0.2) is 9.59 Å². The fraction of sp³-hybridized carbons (Fsp3) is 0.500. The Bertz CT molecular complexity index is 360. The van der Waals surface area contributed by atoms with E-state index in [-0.39, 0.29) is 23.8 Å². The highest BCUT2D eigenvalue weighted by Crippen LogP contribution is 2.19. The lowest BCUT2D eigenvalue weighted by molar-refractivity contribution is -0.138. The standard InChI is InChI=1S/C10H13NO5/c1-6-4-8(12)7(9(13)15-2)5-11(6)10(14)16-3/h5-6H,4H2,1-3H3. The van der Waals surface area contributed by atoms with Crippen LogP contribution >= 0.6 is 0 Å². The number of amides is 1. The molecule has 1 aliphatic heterocycles. The van der Waals surface area contributed by atoms with Gasteiger partial charge >= 0.3 is 12.1 Å². The molecule has 0 fully saturated rings. The van der Waals surface area contributed by atoms with Gasteiger partial charge in [-0.3, -0.25) is 9.69 Å². The summed E-state index contributed by atoms with van der Waals surface area (Å²) in [6, 6.07) is -0.326. The molecule has 1 unspecified atom stereocenters. The summed E-state index contributed by atoms with van der Waals surface area (Å²) >= 11 is 0. The van der Waals surface area contributed by atoms with Crippen molar-refractivity contribution in [1.82, 2.24) is 4.90 Å². The number of hydrogen-bond donors (Lipinski definition) is 0. The van der Waals surface area contributed by atoms with Crippen molar-refractivity contribution in [3.63, 3.8) is 0 Å². The van der Waals surface area contributed by atoms with E-state index in [0.717, 1.165) is 0 Å². The van der Waals surface area contributed by atoms with Crippen molar-refractivity contribution in [3.05, 3.63) is 11.8 Å². The van der Waals surface area contributed by atoms with E-state index in [0.29, 0.717) is 0 Å². The number of ether oxygens (including phenoxy) is 2. The summed E-state index contributed by atoms with van der Waals surface area (Å²) in [7, 11) is 2.41. The molecule has 0 bridgehead atoms. The van der Waals surface area contributed by atoms with E-state index in [1.165, 1.54) is 25.3 Å². The second-order valence-electron chi connectivity index (χ2n) is 3.39. The molecule has 16 heavy (non-hydrogen) atoms. The average molecular weight is 227 g/mol. The maximum Gasteiger partial charge on any atom is 0.413 e. The quantitative estimate of drug-likeness (QED) is 0.481. The summed E-state index contributed by atoms with van der Waals surface area (Å²) in [6.07, 6.45) is 0.644. The van der Waals surface area contributed by atoms with Gasteiger partial charge in [0, 0.05) is 18.7 Å². The molecule has 0 aromatic rings. The number of Topliss-reactive ketones (excluding diaryl/α,β-unsaturated/α-hetero) is 1. The van der Waals surface area contributed by atoms with E-state index in [1.54, 1.807) is 6.92 Å². The van der Waals surface area contributed by atoms with Crippen LogP contribution in [0.2, 0.25) is 0 Å². The number of rotatable bonds is 1. The lowest BCUT2D eigenvalue weighted by Gasteiger charge is -2.28. The van der Waals surface area contributed by atoms with Crippen molar-refractivity contribution >= 4 is 17.8 Å². The molecule has 1 aliphatic rings. The Hall–Kier alpha value is -1.85. The zero-order valence-electron chi connectivity index (χ0n) is 9.35. The fourth-order valence-electron chi connectivity index (χ4n) is 1.43. The molecule has 1 amide bonds. The molecule has 0 aliphatic carbocycles. The fourth-order valence-corrected chi connectivity index (χ4v) is 1.43. The molecular weight excluding hydrogens is 214 g/mol. The van der Waals surface area contributed by atoms with Crippen molar-refractivity contribution in [1.29, 1.82) is 0 Å². The largest absolute Gasteiger partial charge is 0.465 e. The molecule has 0 N–H and O–H groups in total. The molecule has 0 aromatic heterocycles. The van der Waals surface area contributed by atoms with Gasteiger partial charge in [-0.15, -0.1) is 0 Å². The summed E-state index contributed by atoms with van der Waals surface area (Å²) in [6.45, 7) is 1.69. The SMILES string of the molecule is COC(=O)C1=CN(C(=O)OC)C(C)CC1=O. The molecule has 88 valence electrons. The molecular formula is C10H13NO5. The molecule has 1 heterocycles. The molecule has 1 rings (SSSR count). The number of methoxy groups -OCH3 is 2. The molecule has 0 saturated carbocycles. The second-order valence-corrected chi connectivity index (χ2v) is 3.39. The molecule has 6 nitrogen and oxygen atoms in total. The van der Waals surface area contributed by atoms with Crippen LogP contribution in [-0.2, 0) is 19.1 Å². The first-order valence-corrected chi connectivity index (χ1v) is 4.70. The Morgan fingerprint density at radius 3 is 2.50 bits per heavy atom. The van der Waals surface area contributed by atoms with Gasteiger partial charge in [0.25, 0.3) is 0 Å². The number of carbonyl (C=O) groups is 3. The van der Waals surface area contributed by atoms with Crippen molar-refractivity contribution in [2.24, 2.45) is 0 Å². The molecule has 6 heteroatoms. The summed E-state index contributed by atoms with van der Waals surface area (Å²) < 4.78 is 8.99. The van der Waals surface area contributed by atoms with Gasteiger partial charge in [-0.1, -0.05) is 0 Å². The zero-order valence-corrected chi connectivity index (χ0v) is 9.35. The first-order chi connectivity index (χ1) is 7.51. The lowest BCUT2D eigenvalue weighted by atomic mass is 10.0. The minimum atomic E-state index is -0.745. The Balaban J connectivity index is 3.02. The normalized spacial score (nSPS) is 20.2. The van der Waals surface area contributed by atoms with Crippen molar-refractivity contribution in [2.75, 3.05) is 14.2 Å². The van der Waals surface area contributed by atoms with Gasteiger partial charge in [0.2, 0.25) is 0 Å². The number of nitrogens with zero attached hydrogens (tertiary/aromatic N) is 1. The second kappa shape index (κ2) is 4.78. The van der Waals surface area contributed by atoms with E-state index >= 15 is 0 Å². The van der Waals surface area contributed by atoms with Gasteiger partial charge in [-0.2, -0.15) is 0 Å². The highest BCUT2D eigenvalue weighted by atomic mass is 16.5. The molecule has 1 atom stereocenters. The van der Waals surface area contributed by atoms with Crippen molar-refractivity contribution in [2.45, 2.75) is 19.4 Å². The van der Waals surface area contributed by atoms with Crippen LogP contribution in [0.3, 0.4) is 0 Å². The highest BCUT2D eigenvalue weighted by molar-refractivity contribution is 6.18. The maximum atomic E-state index is 11.5. The van der Waals surface area contributed by atoms with E-state index in [9.17, 15) is 14.4 Å². The molecule has 0 radical (unpaired) electrons. The summed E-state index contributed by atoms with van der Waals surface area (Å²) in [5.41, 5.74) is -0.133. The number of hydrogen-bond acceptors (Lipinski definition) is 5.